The van der Waals surface area contributed by atoms with Gasteiger partial charge in [0.1, 0.15) is 5.69 Å². The van der Waals surface area contributed by atoms with Crippen LogP contribution in [0.2, 0.25) is 0 Å². The second-order valence-electron chi connectivity index (χ2n) is 7.59. The first kappa shape index (κ1) is 24.4. The van der Waals surface area contributed by atoms with Crippen LogP contribution in [0.1, 0.15) is 32.0 Å². The van der Waals surface area contributed by atoms with Crippen LogP contribution in [0.5, 0.6) is 0 Å². The largest absolute Gasteiger partial charge is 0.416 e. The summed E-state index contributed by atoms with van der Waals surface area (Å²) in [5.41, 5.74) is 0.0686. The van der Waals surface area contributed by atoms with Crippen molar-refractivity contribution in [1.29, 1.82) is 0 Å². The number of benzene rings is 2. The number of hydrogen-bond donors (Lipinski definition) is 1. The Morgan fingerprint density at radius 2 is 1.76 bits per heavy atom. The lowest BCUT2D eigenvalue weighted by molar-refractivity contribution is -0.137. The third-order valence-corrected chi connectivity index (χ3v) is 5.47. The van der Waals surface area contributed by atoms with Crippen molar-refractivity contribution in [2.24, 2.45) is 0 Å². The third kappa shape index (κ3) is 6.87. The van der Waals surface area contributed by atoms with Crippen molar-refractivity contribution in [2.45, 2.75) is 12.7 Å². The lowest BCUT2D eigenvalue weighted by Gasteiger charge is -2.24. The zero-order chi connectivity index (χ0) is 24.0. The quantitative estimate of drug-likeness (QED) is 0.515. The van der Waals surface area contributed by atoms with E-state index >= 15 is 0 Å². The van der Waals surface area contributed by atoms with Gasteiger partial charge in [-0.05, 0) is 37.9 Å². The highest BCUT2D eigenvalue weighted by molar-refractivity contribution is 7.14. The fraction of sp³-hybridized carbons (Fsp3) is 0.261. The predicted octanol–water partition coefficient (Wildman–Crippen LogP) is 4.62. The molecule has 3 rings (SSSR count). The Labute approximate surface area is 193 Å². The van der Waals surface area contributed by atoms with Gasteiger partial charge in [0, 0.05) is 30.6 Å². The first-order valence-electron chi connectivity index (χ1n) is 10.1. The highest BCUT2D eigenvalue weighted by atomic mass is 32.1. The Hall–Kier alpha value is -3.24. The Bertz CT molecular complexity index is 1100. The van der Waals surface area contributed by atoms with Gasteiger partial charge in [0.05, 0.1) is 5.56 Å². The van der Waals surface area contributed by atoms with Gasteiger partial charge in [-0.15, -0.1) is 11.3 Å². The van der Waals surface area contributed by atoms with Crippen molar-refractivity contribution in [1.82, 2.24) is 14.8 Å². The fourth-order valence-corrected chi connectivity index (χ4v) is 3.65. The molecule has 0 spiro atoms. The third-order valence-electron chi connectivity index (χ3n) is 4.72. The number of nitrogens with one attached hydrogen (secondary N) is 1. The molecular weight excluding hydrogens is 453 g/mol. The van der Waals surface area contributed by atoms with Gasteiger partial charge in [-0.25, -0.2) is 4.98 Å². The summed E-state index contributed by atoms with van der Waals surface area (Å²) in [6.45, 7) is 1.53. The number of alkyl halides is 3. The lowest BCUT2D eigenvalue weighted by atomic mass is 10.1. The van der Waals surface area contributed by atoms with Gasteiger partial charge in [-0.3, -0.25) is 14.9 Å². The fourth-order valence-electron chi connectivity index (χ4n) is 2.97. The van der Waals surface area contributed by atoms with E-state index in [9.17, 15) is 22.8 Å². The van der Waals surface area contributed by atoms with Gasteiger partial charge in [0.2, 0.25) is 0 Å². The molecule has 1 heterocycles. The number of anilines is 1. The first-order valence-corrected chi connectivity index (χ1v) is 10.9. The minimum atomic E-state index is -4.55. The minimum absolute atomic E-state index is 0.132. The van der Waals surface area contributed by atoms with E-state index in [1.54, 1.807) is 4.90 Å². The van der Waals surface area contributed by atoms with Crippen molar-refractivity contribution in [3.8, 4) is 0 Å². The highest BCUT2D eigenvalue weighted by Gasteiger charge is 2.31. The molecule has 0 bridgehead atoms. The number of carbonyl (C=O) groups excluding carboxylic acids is 2. The number of carbonyl (C=O) groups is 2. The highest BCUT2D eigenvalue weighted by Crippen LogP contribution is 2.29. The number of nitrogens with zero attached hydrogens (tertiary/aromatic N) is 3. The van der Waals surface area contributed by atoms with Gasteiger partial charge >= 0.3 is 6.18 Å². The van der Waals surface area contributed by atoms with Crippen molar-refractivity contribution in [3.05, 3.63) is 82.4 Å². The molecule has 0 unspecified atom stereocenters. The van der Waals surface area contributed by atoms with Crippen LogP contribution >= 0.6 is 11.3 Å². The molecule has 0 atom stereocenters. The van der Waals surface area contributed by atoms with Gasteiger partial charge in [0.25, 0.3) is 11.8 Å². The molecule has 6 nitrogen and oxygen atoms in total. The predicted molar refractivity (Wildman–Crippen MR) is 121 cm³/mol. The summed E-state index contributed by atoms with van der Waals surface area (Å²) >= 11 is 1.04. The molecule has 3 aromatic rings. The molecule has 0 radical (unpaired) electrons. The molecule has 2 aromatic carbocycles. The molecular formula is C23H23F3N4O2S. The Kier molecular flexibility index (Phi) is 7.83. The molecule has 1 aromatic heterocycles. The van der Waals surface area contributed by atoms with Gasteiger partial charge in [-0.1, -0.05) is 36.4 Å². The van der Waals surface area contributed by atoms with Gasteiger partial charge in [-0.2, -0.15) is 13.2 Å². The van der Waals surface area contributed by atoms with E-state index in [1.807, 2.05) is 49.3 Å². The van der Waals surface area contributed by atoms with Crippen molar-refractivity contribution < 1.29 is 22.8 Å². The van der Waals surface area contributed by atoms with E-state index in [0.29, 0.717) is 19.6 Å². The van der Waals surface area contributed by atoms with Crippen LogP contribution < -0.4 is 5.32 Å². The molecule has 0 fully saturated rings. The van der Waals surface area contributed by atoms with E-state index in [0.717, 1.165) is 29.0 Å². The summed E-state index contributed by atoms with van der Waals surface area (Å²) in [5.74, 6) is -1.03. The zero-order valence-corrected chi connectivity index (χ0v) is 18.9. The molecule has 1 N–H and O–H groups in total. The molecule has 10 heteroatoms. The topological polar surface area (TPSA) is 65.5 Å². The number of hydrogen-bond acceptors (Lipinski definition) is 5. The normalized spacial score (nSPS) is 11.5. The summed E-state index contributed by atoms with van der Waals surface area (Å²) in [6.07, 6.45) is -4.55. The zero-order valence-electron chi connectivity index (χ0n) is 18.1. The number of likely N-dealkylation sites (N-methyl/N-ethyl adjacent to an activating group) is 1. The summed E-state index contributed by atoms with van der Waals surface area (Å²) in [7, 11) is 3.82. The molecule has 0 aliphatic rings. The molecule has 2 amide bonds. The van der Waals surface area contributed by atoms with Crippen LogP contribution in [-0.2, 0) is 12.7 Å². The Morgan fingerprint density at radius 1 is 1.03 bits per heavy atom. The number of rotatable bonds is 8. The second kappa shape index (κ2) is 10.6. The summed E-state index contributed by atoms with van der Waals surface area (Å²) in [6, 6.07) is 13.7. The van der Waals surface area contributed by atoms with E-state index in [-0.39, 0.29) is 22.3 Å². The molecule has 174 valence electrons. The average molecular weight is 477 g/mol. The molecule has 0 saturated heterocycles. The number of aromatic nitrogens is 1. The maximum atomic E-state index is 13.1. The van der Waals surface area contributed by atoms with E-state index in [2.05, 4.69) is 10.3 Å². The van der Waals surface area contributed by atoms with E-state index < -0.39 is 17.6 Å². The smallest absolute Gasteiger partial charge is 0.332 e. The monoisotopic (exact) mass is 476 g/mol. The van der Waals surface area contributed by atoms with Crippen LogP contribution in [0.3, 0.4) is 0 Å². The molecule has 0 aliphatic heterocycles. The lowest BCUT2D eigenvalue weighted by Crippen LogP contribution is -2.36. The van der Waals surface area contributed by atoms with Crippen LogP contribution in [0.15, 0.2) is 60.0 Å². The maximum absolute atomic E-state index is 13.1. The maximum Gasteiger partial charge on any atom is 0.416 e. The van der Waals surface area contributed by atoms with E-state index in [4.69, 9.17) is 0 Å². The number of amides is 2. The van der Waals surface area contributed by atoms with Gasteiger partial charge in [0.15, 0.2) is 5.13 Å². The Balaban J connectivity index is 1.73. The molecule has 0 aliphatic carbocycles. The second-order valence-corrected chi connectivity index (χ2v) is 8.44. The minimum Gasteiger partial charge on any atom is -0.332 e. The SMILES string of the molecule is CN(C)CCN(Cc1ccccc1)C(=O)c1csc(NC(=O)c2cccc(C(F)(F)F)c2)n1. The van der Waals surface area contributed by atoms with Crippen molar-refractivity contribution in [2.75, 3.05) is 32.5 Å². The summed E-state index contributed by atoms with van der Waals surface area (Å²) in [5, 5.41) is 4.13. The summed E-state index contributed by atoms with van der Waals surface area (Å²) < 4.78 is 38.7. The van der Waals surface area contributed by atoms with Crippen LogP contribution in [0, 0.1) is 0 Å². The van der Waals surface area contributed by atoms with Crippen LogP contribution in [0.4, 0.5) is 18.3 Å². The summed E-state index contributed by atoms with van der Waals surface area (Å²) in [4.78, 5) is 33.3. The van der Waals surface area contributed by atoms with Crippen LogP contribution in [0.25, 0.3) is 0 Å². The number of thiazole rings is 1. The molecule has 0 saturated carbocycles. The van der Waals surface area contributed by atoms with Crippen LogP contribution in [-0.4, -0.2) is 53.8 Å². The van der Waals surface area contributed by atoms with Crippen molar-refractivity contribution >= 4 is 28.3 Å². The standard InChI is InChI=1S/C23H23F3N4O2S/c1-29(2)11-12-30(14-16-7-4-3-5-8-16)21(32)19-15-33-22(27-19)28-20(31)17-9-6-10-18(13-17)23(24,25)26/h3-10,13,15H,11-12,14H2,1-2H3,(H,27,28,31). The van der Waals surface area contributed by atoms with Crippen molar-refractivity contribution in [3.63, 3.8) is 0 Å². The Morgan fingerprint density at radius 3 is 2.42 bits per heavy atom. The van der Waals surface area contributed by atoms with E-state index in [1.165, 1.54) is 17.5 Å². The number of halogens is 3. The van der Waals surface area contributed by atoms with Gasteiger partial charge < -0.3 is 9.80 Å². The first-order chi connectivity index (χ1) is 15.6. The molecule has 33 heavy (non-hydrogen) atoms. The average Bonchev–Trinajstić information content (AvgIpc) is 3.24.